The molecule has 0 spiro atoms. The number of esters is 1. The van der Waals surface area contributed by atoms with Crippen LogP contribution in [-0.4, -0.2) is 31.1 Å². The molecule has 1 unspecified atom stereocenters. The van der Waals surface area contributed by atoms with E-state index in [4.69, 9.17) is 15.2 Å². The van der Waals surface area contributed by atoms with E-state index in [1.54, 1.807) is 25.1 Å². The van der Waals surface area contributed by atoms with Crippen LogP contribution < -0.4 is 15.4 Å². The fourth-order valence-electron chi connectivity index (χ4n) is 2.16. The van der Waals surface area contributed by atoms with Crippen molar-refractivity contribution in [2.24, 2.45) is 0 Å². The second kappa shape index (κ2) is 6.47. The van der Waals surface area contributed by atoms with E-state index >= 15 is 0 Å². The van der Waals surface area contributed by atoms with Gasteiger partial charge in [0.15, 0.2) is 6.10 Å². The predicted octanol–water partition coefficient (Wildman–Crippen LogP) is 1.73. The molecule has 114 valence electrons. The van der Waals surface area contributed by atoms with Crippen LogP contribution in [0.2, 0.25) is 0 Å². The molecular formula is C15H20N2O4. The lowest BCUT2D eigenvalue weighted by Gasteiger charge is -2.33. The lowest BCUT2D eigenvalue weighted by atomic mass is 10.1. The normalized spacial score (nSPS) is 17.1. The van der Waals surface area contributed by atoms with E-state index in [1.807, 2.05) is 6.92 Å². The number of amides is 1. The van der Waals surface area contributed by atoms with Gasteiger partial charge in [-0.25, -0.2) is 0 Å². The van der Waals surface area contributed by atoms with Crippen LogP contribution in [0.4, 0.5) is 11.4 Å². The van der Waals surface area contributed by atoms with Crippen molar-refractivity contribution in [3.05, 3.63) is 18.2 Å². The molecule has 1 heterocycles. The average Bonchev–Trinajstić information content (AvgIpc) is 2.44. The van der Waals surface area contributed by atoms with Gasteiger partial charge in [0.05, 0.1) is 12.3 Å². The summed E-state index contributed by atoms with van der Waals surface area (Å²) in [6.07, 6.45) is 1.09. The minimum atomic E-state index is -0.650. The van der Waals surface area contributed by atoms with E-state index < -0.39 is 12.1 Å². The summed E-state index contributed by atoms with van der Waals surface area (Å²) < 4.78 is 10.6. The summed E-state index contributed by atoms with van der Waals surface area (Å²) in [5.41, 5.74) is 6.75. The number of unbranched alkanes of at least 4 members (excludes halogenated alkanes) is 1. The number of benzene rings is 1. The molecule has 0 saturated heterocycles. The fraction of sp³-hybridized carbons (Fsp3) is 0.467. The van der Waals surface area contributed by atoms with Gasteiger partial charge in [-0.2, -0.15) is 0 Å². The van der Waals surface area contributed by atoms with Gasteiger partial charge in [-0.05, 0) is 25.5 Å². The van der Waals surface area contributed by atoms with Crippen molar-refractivity contribution in [2.75, 3.05) is 23.8 Å². The van der Waals surface area contributed by atoms with Gasteiger partial charge in [-0.3, -0.25) is 14.5 Å². The molecule has 0 saturated carbocycles. The van der Waals surface area contributed by atoms with E-state index in [0.717, 1.165) is 12.8 Å². The van der Waals surface area contributed by atoms with Gasteiger partial charge < -0.3 is 15.2 Å². The van der Waals surface area contributed by atoms with Gasteiger partial charge in [0, 0.05) is 0 Å². The molecule has 1 atom stereocenters. The SMILES string of the molecule is CCCCOC(=O)CN1C(=O)C(C)Oc2cccc(N)c21. The van der Waals surface area contributed by atoms with Crippen LogP contribution in [0.5, 0.6) is 5.75 Å². The largest absolute Gasteiger partial charge is 0.479 e. The first kappa shape index (κ1) is 15.2. The number of carbonyl (C=O) groups excluding carboxylic acids is 2. The Morgan fingerprint density at radius 3 is 2.95 bits per heavy atom. The highest BCUT2D eigenvalue weighted by atomic mass is 16.5. The van der Waals surface area contributed by atoms with Crippen LogP contribution in [0, 0.1) is 0 Å². The Kier molecular flexibility index (Phi) is 4.67. The first-order chi connectivity index (χ1) is 10.0. The number of para-hydroxylation sites is 1. The van der Waals surface area contributed by atoms with E-state index in [0.29, 0.717) is 23.7 Å². The molecule has 1 amide bonds. The van der Waals surface area contributed by atoms with Crippen molar-refractivity contribution >= 4 is 23.3 Å². The number of fused-ring (bicyclic) bond motifs is 1. The lowest BCUT2D eigenvalue weighted by molar-refractivity contribution is -0.143. The third-order valence-electron chi connectivity index (χ3n) is 3.27. The molecule has 0 fully saturated rings. The molecule has 1 aromatic rings. The quantitative estimate of drug-likeness (QED) is 0.507. The smallest absolute Gasteiger partial charge is 0.326 e. The minimum Gasteiger partial charge on any atom is -0.479 e. The Balaban J connectivity index is 2.18. The molecule has 1 aliphatic rings. The highest BCUT2D eigenvalue weighted by Gasteiger charge is 2.34. The lowest BCUT2D eigenvalue weighted by Crippen LogP contribution is -2.47. The van der Waals surface area contributed by atoms with E-state index in [1.165, 1.54) is 4.90 Å². The van der Waals surface area contributed by atoms with Crippen molar-refractivity contribution in [2.45, 2.75) is 32.8 Å². The van der Waals surface area contributed by atoms with Crippen molar-refractivity contribution < 1.29 is 19.1 Å². The highest BCUT2D eigenvalue weighted by Crippen LogP contribution is 2.38. The Labute approximate surface area is 123 Å². The molecule has 0 aromatic heterocycles. The molecule has 1 aliphatic heterocycles. The number of nitrogens with two attached hydrogens (primary N) is 1. The molecule has 2 N–H and O–H groups in total. The summed E-state index contributed by atoms with van der Waals surface area (Å²) in [6.45, 7) is 3.86. The Hall–Kier alpha value is -2.24. The maximum Gasteiger partial charge on any atom is 0.326 e. The monoisotopic (exact) mass is 292 g/mol. The minimum absolute atomic E-state index is 0.155. The van der Waals surface area contributed by atoms with Crippen molar-refractivity contribution in [1.29, 1.82) is 0 Å². The summed E-state index contributed by atoms with van der Waals surface area (Å²) in [4.78, 5) is 25.4. The van der Waals surface area contributed by atoms with Gasteiger partial charge in [-0.1, -0.05) is 19.4 Å². The Morgan fingerprint density at radius 1 is 1.48 bits per heavy atom. The van der Waals surface area contributed by atoms with Gasteiger partial charge in [-0.15, -0.1) is 0 Å². The molecule has 1 aromatic carbocycles. The first-order valence-electron chi connectivity index (χ1n) is 7.06. The molecule has 21 heavy (non-hydrogen) atoms. The zero-order valence-corrected chi connectivity index (χ0v) is 12.3. The van der Waals surface area contributed by atoms with Gasteiger partial charge in [0.2, 0.25) is 0 Å². The number of hydrogen-bond acceptors (Lipinski definition) is 5. The number of rotatable bonds is 5. The van der Waals surface area contributed by atoms with E-state index in [-0.39, 0.29) is 12.5 Å². The number of carbonyl (C=O) groups is 2. The summed E-state index contributed by atoms with van der Waals surface area (Å²) >= 11 is 0. The zero-order valence-electron chi connectivity index (χ0n) is 12.3. The van der Waals surface area contributed by atoms with Crippen molar-refractivity contribution in [3.8, 4) is 5.75 Å². The van der Waals surface area contributed by atoms with Gasteiger partial charge in [0.1, 0.15) is 18.0 Å². The fourth-order valence-corrected chi connectivity index (χ4v) is 2.16. The van der Waals surface area contributed by atoms with Crippen LogP contribution in [-0.2, 0) is 14.3 Å². The Morgan fingerprint density at radius 2 is 2.24 bits per heavy atom. The molecule has 6 nitrogen and oxygen atoms in total. The molecule has 0 bridgehead atoms. The number of hydrogen-bond donors (Lipinski definition) is 1. The maximum absolute atomic E-state index is 12.2. The van der Waals surface area contributed by atoms with Crippen LogP contribution in [0.1, 0.15) is 26.7 Å². The topological polar surface area (TPSA) is 81.9 Å². The van der Waals surface area contributed by atoms with Crippen LogP contribution >= 0.6 is 0 Å². The number of nitrogen functional groups attached to an aromatic ring is 1. The second-order valence-electron chi connectivity index (χ2n) is 4.95. The molecule has 0 aliphatic carbocycles. The van der Waals surface area contributed by atoms with Crippen molar-refractivity contribution in [3.63, 3.8) is 0 Å². The maximum atomic E-state index is 12.2. The number of ether oxygens (including phenoxy) is 2. The molecule has 2 rings (SSSR count). The molecular weight excluding hydrogens is 272 g/mol. The highest BCUT2D eigenvalue weighted by molar-refractivity contribution is 6.05. The first-order valence-corrected chi connectivity index (χ1v) is 7.06. The van der Waals surface area contributed by atoms with Gasteiger partial charge in [0.25, 0.3) is 5.91 Å². The van der Waals surface area contributed by atoms with Gasteiger partial charge >= 0.3 is 5.97 Å². The van der Waals surface area contributed by atoms with E-state index in [2.05, 4.69) is 0 Å². The van der Waals surface area contributed by atoms with Crippen LogP contribution in [0.25, 0.3) is 0 Å². The van der Waals surface area contributed by atoms with E-state index in [9.17, 15) is 9.59 Å². The molecule has 6 heteroatoms. The van der Waals surface area contributed by atoms with Crippen LogP contribution in [0.3, 0.4) is 0 Å². The summed E-state index contributed by atoms with van der Waals surface area (Å²) in [5, 5.41) is 0. The second-order valence-corrected chi connectivity index (χ2v) is 4.95. The standard InChI is InChI=1S/C15H20N2O4/c1-3-4-8-20-13(18)9-17-14-11(16)6-5-7-12(14)21-10(2)15(17)19/h5-7,10H,3-4,8-9,16H2,1-2H3. The predicted molar refractivity (Wildman–Crippen MR) is 79.2 cm³/mol. The van der Waals surface area contributed by atoms with Crippen LogP contribution in [0.15, 0.2) is 18.2 Å². The number of anilines is 2. The summed E-state index contributed by atoms with van der Waals surface area (Å²) in [6, 6.07) is 5.14. The molecule has 0 radical (unpaired) electrons. The third kappa shape index (κ3) is 3.26. The third-order valence-corrected chi connectivity index (χ3v) is 3.27. The summed E-state index contributed by atoms with van der Waals surface area (Å²) in [5.74, 6) is -0.239. The number of nitrogens with zero attached hydrogens (tertiary/aromatic N) is 1. The van der Waals surface area contributed by atoms with Crippen molar-refractivity contribution in [1.82, 2.24) is 0 Å². The average molecular weight is 292 g/mol. The summed E-state index contributed by atoms with van der Waals surface area (Å²) in [7, 11) is 0. The zero-order chi connectivity index (χ0) is 15.4. The Bertz CT molecular complexity index is 544.